The number of nitrogens with zero attached hydrogens (tertiary/aromatic N) is 1. The summed E-state index contributed by atoms with van der Waals surface area (Å²) < 4.78 is 12.9. The van der Waals surface area contributed by atoms with Crippen LogP contribution in [0.25, 0.3) is 6.08 Å². The minimum Gasteiger partial charge on any atom is -0.268 e. The second kappa shape index (κ2) is 6.56. The molecule has 0 aromatic heterocycles. The monoisotopic (exact) mass is 347 g/mol. The highest BCUT2D eigenvalue weighted by Crippen LogP contribution is 2.33. The molecule has 0 unspecified atom stereocenters. The average molecular weight is 348 g/mol. The van der Waals surface area contributed by atoms with Gasteiger partial charge < -0.3 is 0 Å². The first kappa shape index (κ1) is 15.8. The van der Waals surface area contributed by atoms with Gasteiger partial charge in [-0.25, -0.2) is 4.39 Å². The Labute approximate surface area is 141 Å². The summed E-state index contributed by atoms with van der Waals surface area (Å²) in [6.45, 7) is 0.123. The fourth-order valence-corrected chi connectivity index (χ4v) is 3.19. The zero-order valence-corrected chi connectivity index (χ0v) is 13.4. The Morgan fingerprint density at radius 2 is 1.87 bits per heavy atom. The van der Waals surface area contributed by atoms with E-state index in [-0.39, 0.29) is 23.5 Å². The topological polar surface area (TPSA) is 37.4 Å². The number of rotatable bonds is 3. The molecule has 1 fully saturated rings. The van der Waals surface area contributed by atoms with Gasteiger partial charge in [-0.05, 0) is 53.2 Å². The predicted octanol–water partition coefficient (Wildman–Crippen LogP) is 4.72. The van der Waals surface area contributed by atoms with Crippen LogP contribution in [0.15, 0.2) is 53.4 Å². The summed E-state index contributed by atoms with van der Waals surface area (Å²) in [5, 5.41) is 0.219. The molecule has 0 bridgehead atoms. The van der Waals surface area contributed by atoms with Crippen LogP contribution >= 0.6 is 23.4 Å². The van der Waals surface area contributed by atoms with Gasteiger partial charge >= 0.3 is 0 Å². The molecule has 3 rings (SSSR count). The van der Waals surface area contributed by atoms with Crippen molar-refractivity contribution in [2.45, 2.75) is 6.54 Å². The summed E-state index contributed by atoms with van der Waals surface area (Å²) in [6.07, 6.45) is 1.64. The molecule has 0 aliphatic carbocycles. The van der Waals surface area contributed by atoms with Crippen molar-refractivity contribution in [3.8, 4) is 0 Å². The van der Waals surface area contributed by atoms with Gasteiger partial charge in [0.1, 0.15) is 5.82 Å². The maximum atomic E-state index is 12.9. The summed E-state index contributed by atoms with van der Waals surface area (Å²) in [5.74, 6) is -0.715. The Morgan fingerprint density at radius 3 is 2.57 bits per heavy atom. The third-order valence-electron chi connectivity index (χ3n) is 3.27. The zero-order chi connectivity index (χ0) is 16.4. The van der Waals surface area contributed by atoms with Gasteiger partial charge in [0.25, 0.3) is 11.1 Å². The van der Waals surface area contributed by atoms with E-state index in [0.717, 1.165) is 22.2 Å². The Morgan fingerprint density at radius 1 is 1.13 bits per heavy atom. The van der Waals surface area contributed by atoms with Gasteiger partial charge in [0.05, 0.1) is 11.4 Å². The first-order chi connectivity index (χ1) is 11.0. The highest BCUT2D eigenvalue weighted by molar-refractivity contribution is 8.18. The van der Waals surface area contributed by atoms with Crippen LogP contribution in [0.2, 0.25) is 5.02 Å². The summed E-state index contributed by atoms with van der Waals surface area (Å²) >= 11 is 6.80. The van der Waals surface area contributed by atoms with E-state index in [9.17, 15) is 14.0 Å². The lowest BCUT2D eigenvalue weighted by atomic mass is 10.2. The van der Waals surface area contributed by atoms with E-state index in [4.69, 9.17) is 11.6 Å². The highest BCUT2D eigenvalue weighted by atomic mass is 35.5. The maximum Gasteiger partial charge on any atom is 0.293 e. The lowest BCUT2D eigenvalue weighted by Gasteiger charge is -2.12. The van der Waals surface area contributed by atoms with Crippen LogP contribution in [0.1, 0.15) is 11.1 Å². The Kier molecular flexibility index (Phi) is 4.50. The Bertz CT molecular complexity index is 804. The lowest BCUT2D eigenvalue weighted by molar-refractivity contribution is -0.123. The van der Waals surface area contributed by atoms with Crippen molar-refractivity contribution in [2.75, 3.05) is 0 Å². The molecule has 1 heterocycles. The normalized spacial score (nSPS) is 16.4. The van der Waals surface area contributed by atoms with Crippen LogP contribution < -0.4 is 0 Å². The quantitative estimate of drug-likeness (QED) is 0.754. The van der Waals surface area contributed by atoms with E-state index in [1.54, 1.807) is 42.5 Å². The van der Waals surface area contributed by atoms with E-state index < -0.39 is 0 Å². The predicted molar refractivity (Wildman–Crippen MR) is 89.4 cm³/mol. The molecule has 2 aromatic carbocycles. The van der Waals surface area contributed by atoms with Crippen molar-refractivity contribution < 1.29 is 14.0 Å². The minimum atomic E-state index is -0.358. The largest absolute Gasteiger partial charge is 0.293 e. The Hall–Kier alpha value is -2.11. The first-order valence-electron chi connectivity index (χ1n) is 6.78. The molecule has 1 saturated heterocycles. The van der Waals surface area contributed by atoms with Gasteiger partial charge in [-0.1, -0.05) is 35.9 Å². The van der Waals surface area contributed by atoms with E-state index >= 15 is 0 Å². The molecule has 116 valence electrons. The van der Waals surface area contributed by atoms with E-state index in [0.29, 0.717) is 15.5 Å². The highest BCUT2D eigenvalue weighted by Gasteiger charge is 2.34. The van der Waals surface area contributed by atoms with E-state index in [1.807, 2.05) is 0 Å². The van der Waals surface area contributed by atoms with Crippen molar-refractivity contribution in [1.29, 1.82) is 0 Å². The molecule has 23 heavy (non-hydrogen) atoms. The third kappa shape index (κ3) is 3.63. The van der Waals surface area contributed by atoms with Crippen LogP contribution in [0.3, 0.4) is 0 Å². The molecular weight excluding hydrogens is 337 g/mol. The van der Waals surface area contributed by atoms with E-state index in [1.165, 1.54) is 12.1 Å². The Balaban J connectivity index is 1.81. The van der Waals surface area contributed by atoms with Crippen LogP contribution in [0.5, 0.6) is 0 Å². The third-order valence-corrected chi connectivity index (χ3v) is 4.42. The number of thioether (sulfide) groups is 1. The second-order valence-corrected chi connectivity index (χ2v) is 6.38. The minimum absolute atomic E-state index is 0.123. The van der Waals surface area contributed by atoms with Crippen molar-refractivity contribution >= 4 is 40.6 Å². The number of imide groups is 1. The van der Waals surface area contributed by atoms with Crippen molar-refractivity contribution in [3.63, 3.8) is 0 Å². The molecule has 0 atom stereocenters. The summed E-state index contributed by atoms with van der Waals surface area (Å²) in [7, 11) is 0. The van der Waals surface area contributed by atoms with Crippen molar-refractivity contribution in [1.82, 2.24) is 4.90 Å². The molecule has 0 N–H and O–H groups in total. The zero-order valence-electron chi connectivity index (χ0n) is 11.8. The summed E-state index contributed by atoms with van der Waals surface area (Å²) in [5.41, 5.74) is 1.45. The number of carbonyl (C=O) groups excluding carboxylic acids is 2. The van der Waals surface area contributed by atoms with Crippen LogP contribution in [-0.4, -0.2) is 16.0 Å². The first-order valence-corrected chi connectivity index (χ1v) is 7.98. The summed E-state index contributed by atoms with van der Waals surface area (Å²) in [4.78, 5) is 25.9. The molecule has 2 aromatic rings. The van der Waals surface area contributed by atoms with Gasteiger partial charge in [0.15, 0.2) is 0 Å². The molecule has 6 heteroatoms. The van der Waals surface area contributed by atoms with Gasteiger partial charge in [-0.2, -0.15) is 0 Å². The second-order valence-electron chi connectivity index (χ2n) is 4.95. The van der Waals surface area contributed by atoms with Gasteiger partial charge in [0, 0.05) is 5.02 Å². The average Bonchev–Trinajstić information content (AvgIpc) is 2.77. The molecule has 0 saturated carbocycles. The molecule has 2 amide bonds. The number of benzene rings is 2. The van der Waals surface area contributed by atoms with Crippen LogP contribution in [0.4, 0.5) is 9.18 Å². The van der Waals surface area contributed by atoms with Crippen molar-refractivity contribution in [2.24, 2.45) is 0 Å². The number of halogens is 2. The van der Waals surface area contributed by atoms with Gasteiger partial charge in [-0.15, -0.1) is 0 Å². The lowest BCUT2D eigenvalue weighted by Crippen LogP contribution is -2.27. The van der Waals surface area contributed by atoms with Crippen LogP contribution in [0, 0.1) is 5.82 Å². The van der Waals surface area contributed by atoms with Crippen molar-refractivity contribution in [3.05, 3.63) is 75.4 Å². The SMILES string of the molecule is O=C1S/C(=C\c2cccc(Cl)c2)C(=O)N1Cc1ccc(F)cc1. The fourth-order valence-electron chi connectivity index (χ4n) is 2.16. The number of hydrogen-bond acceptors (Lipinski definition) is 3. The molecule has 0 spiro atoms. The molecular formula is C17H11ClFNO2S. The summed E-state index contributed by atoms with van der Waals surface area (Å²) in [6, 6.07) is 12.7. The molecule has 0 radical (unpaired) electrons. The molecule has 1 aliphatic rings. The van der Waals surface area contributed by atoms with Gasteiger partial charge in [-0.3, -0.25) is 14.5 Å². The number of carbonyl (C=O) groups is 2. The smallest absolute Gasteiger partial charge is 0.268 e. The van der Waals surface area contributed by atoms with E-state index in [2.05, 4.69) is 0 Å². The number of hydrogen-bond donors (Lipinski definition) is 0. The van der Waals surface area contributed by atoms with Gasteiger partial charge in [0.2, 0.25) is 0 Å². The number of amides is 2. The fraction of sp³-hybridized carbons (Fsp3) is 0.0588. The van der Waals surface area contributed by atoms with Crippen LogP contribution in [-0.2, 0) is 11.3 Å². The standard InChI is InChI=1S/C17H11ClFNO2S/c18-13-3-1-2-12(8-13)9-15-16(21)20(17(22)23-15)10-11-4-6-14(19)7-5-11/h1-9H,10H2/b15-9-. The molecule has 3 nitrogen and oxygen atoms in total. The maximum absolute atomic E-state index is 12.9. The molecule has 1 aliphatic heterocycles.